The van der Waals surface area contributed by atoms with Gasteiger partial charge in [0.1, 0.15) is 0 Å². The molecule has 0 aliphatic rings. The lowest BCUT2D eigenvalue weighted by Crippen LogP contribution is -2.51. The van der Waals surface area contributed by atoms with Crippen molar-refractivity contribution < 1.29 is 15.0 Å². The Morgan fingerprint density at radius 3 is 2.44 bits per heavy atom. The van der Waals surface area contributed by atoms with Crippen LogP contribution in [0.25, 0.3) is 0 Å². The van der Waals surface area contributed by atoms with Gasteiger partial charge in [-0.3, -0.25) is 4.79 Å². The van der Waals surface area contributed by atoms with Crippen LogP contribution in [0, 0.1) is 6.92 Å². The summed E-state index contributed by atoms with van der Waals surface area (Å²) in [6, 6.07) is 7.93. The summed E-state index contributed by atoms with van der Waals surface area (Å²) < 4.78 is 0. The van der Waals surface area contributed by atoms with Gasteiger partial charge in [0.2, 0.25) is 5.91 Å². The molecule has 100 valence electrons. The van der Waals surface area contributed by atoms with Gasteiger partial charge in [-0.15, -0.1) is 0 Å². The van der Waals surface area contributed by atoms with Crippen LogP contribution < -0.4 is 5.32 Å². The lowest BCUT2D eigenvalue weighted by molar-refractivity contribution is -0.124. The highest BCUT2D eigenvalue weighted by Crippen LogP contribution is 2.10. The van der Waals surface area contributed by atoms with Crippen molar-refractivity contribution in [1.82, 2.24) is 5.32 Å². The summed E-state index contributed by atoms with van der Waals surface area (Å²) in [7, 11) is 0. The molecule has 0 saturated carbocycles. The van der Waals surface area contributed by atoms with E-state index in [1.807, 2.05) is 31.2 Å². The molecule has 4 nitrogen and oxygen atoms in total. The quantitative estimate of drug-likeness (QED) is 0.700. The van der Waals surface area contributed by atoms with Gasteiger partial charge in [0, 0.05) is 6.42 Å². The third-order valence-corrected chi connectivity index (χ3v) is 3.02. The Balaban J connectivity index is 2.50. The minimum absolute atomic E-state index is 0.163. The Hall–Kier alpha value is -1.39. The average Bonchev–Trinajstić information content (AvgIpc) is 2.37. The summed E-state index contributed by atoms with van der Waals surface area (Å²) in [5.41, 5.74) is 1.36. The molecule has 0 atom stereocenters. The number of aryl methyl sites for hydroxylation is 2. The Kier molecular flexibility index (Phi) is 5.31. The molecule has 4 heteroatoms. The Morgan fingerprint density at radius 2 is 1.89 bits per heavy atom. The first kappa shape index (κ1) is 14.7. The number of aliphatic hydroxyl groups is 2. The molecule has 3 N–H and O–H groups in total. The molecule has 0 aliphatic heterocycles. The average molecular weight is 251 g/mol. The van der Waals surface area contributed by atoms with Crippen LogP contribution in [0.5, 0.6) is 0 Å². The van der Waals surface area contributed by atoms with Crippen molar-refractivity contribution in [2.75, 3.05) is 13.2 Å². The van der Waals surface area contributed by atoms with Gasteiger partial charge >= 0.3 is 0 Å². The number of carbonyl (C=O) groups is 1. The zero-order valence-corrected chi connectivity index (χ0v) is 10.9. The van der Waals surface area contributed by atoms with E-state index in [0.29, 0.717) is 12.8 Å². The Labute approximate surface area is 108 Å². The highest BCUT2D eigenvalue weighted by atomic mass is 16.3. The number of aliphatic hydroxyl groups excluding tert-OH is 2. The predicted molar refractivity (Wildman–Crippen MR) is 70.2 cm³/mol. The number of hydrogen-bond acceptors (Lipinski definition) is 3. The van der Waals surface area contributed by atoms with Crippen molar-refractivity contribution in [3.63, 3.8) is 0 Å². The van der Waals surface area contributed by atoms with Crippen LogP contribution in [0.3, 0.4) is 0 Å². The topological polar surface area (TPSA) is 69.6 Å². The highest BCUT2D eigenvalue weighted by Gasteiger charge is 2.24. The van der Waals surface area contributed by atoms with Gasteiger partial charge in [-0.2, -0.15) is 0 Å². The largest absolute Gasteiger partial charge is 0.394 e. The van der Waals surface area contributed by atoms with Gasteiger partial charge < -0.3 is 15.5 Å². The van der Waals surface area contributed by atoms with Crippen molar-refractivity contribution in [2.45, 2.75) is 32.2 Å². The number of nitrogens with one attached hydrogen (secondary N) is 1. The van der Waals surface area contributed by atoms with E-state index < -0.39 is 5.54 Å². The van der Waals surface area contributed by atoms with Crippen molar-refractivity contribution in [3.8, 4) is 0 Å². The fourth-order valence-electron chi connectivity index (χ4n) is 1.67. The number of rotatable bonds is 6. The summed E-state index contributed by atoms with van der Waals surface area (Å²) in [6.07, 6.45) is 1.01. The van der Waals surface area contributed by atoms with Crippen LogP contribution in [-0.4, -0.2) is 34.9 Å². The second-order valence-corrected chi connectivity index (χ2v) is 4.85. The Morgan fingerprint density at radius 1 is 1.28 bits per heavy atom. The second-order valence-electron chi connectivity index (χ2n) is 4.85. The van der Waals surface area contributed by atoms with Crippen LogP contribution in [0.2, 0.25) is 0 Å². The lowest BCUT2D eigenvalue weighted by atomic mass is 10.0. The molecular weight excluding hydrogens is 230 g/mol. The van der Waals surface area contributed by atoms with E-state index in [-0.39, 0.29) is 19.1 Å². The van der Waals surface area contributed by atoms with Gasteiger partial charge in [-0.25, -0.2) is 0 Å². The number of carbonyl (C=O) groups excluding carboxylic acids is 1. The predicted octanol–water partition coefficient (Wildman–Crippen LogP) is 0.787. The molecular formula is C14H21NO3. The maximum Gasteiger partial charge on any atom is 0.220 e. The molecule has 0 unspecified atom stereocenters. The number of hydrogen-bond donors (Lipinski definition) is 3. The minimum Gasteiger partial charge on any atom is -0.394 e. The molecule has 0 aliphatic carbocycles. The van der Waals surface area contributed by atoms with Crippen LogP contribution in [0.15, 0.2) is 24.3 Å². The van der Waals surface area contributed by atoms with E-state index in [4.69, 9.17) is 10.2 Å². The molecule has 0 aromatic heterocycles. The summed E-state index contributed by atoms with van der Waals surface area (Å²) in [4.78, 5) is 11.7. The van der Waals surface area contributed by atoms with E-state index in [1.165, 1.54) is 0 Å². The van der Waals surface area contributed by atoms with E-state index in [2.05, 4.69) is 5.32 Å². The standard InChI is InChI=1S/C14H21NO3/c1-11-5-3-4-6-12(11)7-8-13(18)15-14(2,9-16)10-17/h3-6,16-17H,7-10H2,1-2H3,(H,15,18). The molecule has 0 spiro atoms. The monoisotopic (exact) mass is 251 g/mol. The smallest absolute Gasteiger partial charge is 0.220 e. The zero-order chi connectivity index (χ0) is 13.6. The Bertz CT molecular complexity index is 400. The van der Waals surface area contributed by atoms with Crippen molar-refractivity contribution in [3.05, 3.63) is 35.4 Å². The summed E-state index contributed by atoms with van der Waals surface area (Å²) >= 11 is 0. The molecule has 0 saturated heterocycles. The summed E-state index contributed by atoms with van der Waals surface area (Å²) in [5.74, 6) is -0.163. The zero-order valence-electron chi connectivity index (χ0n) is 10.9. The molecule has 0 heterocycles. The normalized spacial score (nSPS) is 11.3. The van der Waals surface area contributed by atoms with Crippen molar-refractivity contribution in [1.29, 1.82) is 0 Å². The fraction of sp³-hybridized carbons (Fsp3) is 0.500. The van der Waals surface area contributed by atoms with Gasteiger partial charge in [-0.05, 0) is 31.4 Å². The van der Waals surface area contributed by atoms with Crippen LogP contribution >= 0.6 is 0 Å². The molecule has 1 amide bonds. The van der Waals surface area contributed by atoms with E-state index in [9.17, 15) is 4.79 Å². The van der Waals surface area contributed by atoms with Crippen LogP contribution in [-0.2, 0) is 11.2 Å². The van der Waals surface area contributed by atoms with E-state index in [0.717, 1.165) is 11.1 Å². The third-order valence-electron chi connectivity index (χ3n) is 3.02. The molecule has 1 aromatic carbocycles. The first-order valence-electron chi connectivity index (χ1n) is 6.08. The van der Waals surface area contributed by atoms with Crippen LogP contribution in [0.1, 0.15) is 24.5 Å². The minimum atomic E-state index is -0.942. The SMILES string of the molecule is Cc1ccccc1CCC(=O)NC(C)(CO)CO. The number of amides is 1. The summed E-state index contributed by atoms with van der Waals surface area (Å²) in [6.45, 7) is 3.07. The molecule has 0 bridgehead atoms. The van der Waals surface area contributed by atoms with E-state index >= 15 is 0 Å². The number of benzene rings is 1. The summed E-state index contributed by atoms with van der Waals surface area (Å²) in [5, 5.41) is 20.8. The second kappa shape index (κ2) is 6.52. The van der Waals surface area contributed by atoms with E-state index in [1.54, 1.807) is 6.92 Å². The van der Waals surface area contributed by atoms with Gasteiger partial charge in [0.25, 0.3) is 0 Å². The molecule has 0 fully saturated rings. The lowest BCUT2D eigenvalue weighted by Gasteiger charge is -2.26. The van der Waals surface area contributed by atoms with Crippen molar-refractivity contribution >= 4 is 5.91 Å². The van der Waals surface area contributed by atoms with Gasteiger partial charge in [0.15, 0.2) is 0 Å². The first-order chi connectivity index (χ1) is 8.50. The maximum atomic E-state index is 11.7. The maximum absolute atomic E-state index is 11.7. The molecule has 0 radical (unpaired) electrons. The first-order valence-corrected chi connectivity index (χ1v) is 6.08. The molecule has 1 rings (SSSR count). The third kappa shape index (κ3) is 4.13. The highest BCUT2D eigenvalue weighted by molar-refractivity contribution is 5.77. The van der Waals surface area contributed by atoms with Crippen molar-refractivity contribution in [2.24, 2.45) is 0 Å². The van der Waals surface area contributed by atoms with Crippen LogP contribution in [0.4, 0.5) is 0 Å². The van der Waals surface area contributed by atoms with Gasteiger partial charge in [-0.1, -0.05) is 24.3 Å². The molecule has 18 heavy (non-hydrogen) atoms. The fourth-order valence-corrected chi connectivity index (χ4v) is 1.67. The van der Waals surface area contributed by atoms with Gasteiger partial charge in [0.05, 0.1) is 18.8 Å². The molecule has 1 aromatic rings.